The average molecular weight is 152 g/mol. The van der Waals surface area contributed by atoms with Crippen molar-refractivity contribution in [3.8, 4) is 0 Å². The lowest BCUT2D eigenvalue weighted by atomic mass is 10.4. The van der Waals surface area contributed by atoms with Crippen molar-refractivity contribution in [2.75, 3.05) is 14.2 Å². The summed E-state index contributed by atoms with van der Waals surface area (Å²) >= 11 is 0. The van der Waals surface area contributed by atoms with Crippen LogP contribution in [-0.4, -0.2) is 14.2 Å². The first kappa shape index (κ1) is 7.92. The van der Waals surface area contributed by atoms with Crippen molar-refractivity contribution in [3.05, 3.63) is 35.8 Å². The van der Waals surface area contributed by atoms with E-state index in [-0.39, 0.29) is 0 Å². The third-order valence-electron chi connectivity index (χ3n) is 1.49. The van der Waals surface area contributed by atoms with E-state index in [4.69, 9.17) is 9.47 Å². The number of ether oxygens (including phenoxy) is 2. The van der Waals surface area contributed by atoms with E-state index < -0.39 is 0 Å². The number of hydrogen-bond donors (Lipinski definition) is 0. The summed E-state index contributed by atoms with van der Waals surface area (Å²) in [4.78, 5) is 0. The lowest BCUT2D eigenvalue weighted by molar-refractivity contribution is 0.285. The number of allylic oxidation sites excluding steroid dienone is 4. The Balaban J connectivity index is 2.77. The third-order valence-corrected chi connectivity index (χ3v) is 1.49. The van der Waals surface area contributed by atoms with E-state index in [1.165, 1.54) is 0 Å². The second-order valence-corrected chi connectivity index (χ2v) is 2.20. The molecule has 0 saturated heterocycles. The van der Waals surface area contributed by atoms with Crippen molar-refractivity contribution in [2.24, 2.45) is 0 Å². The SMILES string of the molecule is COC1=CCC=CC(OC)=C1. The first-order valence-corrected chi connectivity index (χ1v) is 3.53. The van der Waals surface area contributed by atoms with Crippen LogP contribution in [0.15, 0.2) is 35.8 Å². The molecular weight excluding hydrogens is 140 g/mol. The van der Waals surface area contributed by atoms with Crippen molar-refractivity contribution >= 4 is 0 Å². The molecule has 2 heteroatoms. The minimum atomic E-state index is 0.829. The molecule has 0 bridgehead atoms. The molecular formula is C9H12O2. The number of rotatable bonds is 2. The highest BCUT2D eigenvalue weighted by Gasteiger charge is 1.97. The Morgan fingerprint density at radius 3 is 2.55 bits per heavy atom. The molecule has 1 aliphatic carbocycles. The molecule has 0 aromatic carbocycles. The van der Waals surface area contributed by atoms with Gasteiger partial charge in [-0.05, 0) is 18.6 Å². The maximum atomic E-state index is 5.07. The Kier molecular flexibility index (Phi) is 2.78. The van der Waals surface area contributed by atoms with Crippen LogP contribution in [-0.2, 0) is 9.47 Å². The molecule has 1 aliphatic rings. The normalized spacial score (nSPS) is 16.5. The van der Waals surface area contributed by atoms with Gasteiger partial charge in [-0.1, -0.05) is 6.08 Å². The molecule has 1 rings (SSSR count). The monoisotopic (exact) mass is 152 g/mol. The molecule has 0 aromatic rings. The number of methoxy groups -OCH3 is 2. The highest BCUT2D eigenvalue weighted by Crippen LogP contribution is 2.11. The van der Waals surface area contributed by atoms with Crippen LogP contribution in [0.25, 0.3) is 0 Å². The molecule has 0 aliphatic heterocycles. The first-order chi connectivity index (χ1) is 5.36. The van der Waals surface area contributed by atoms with Crippen LogP contribution >= 0.6 is 0 Å². The lowest BCUT2D eigenvalue weighted by Gasteiger charge is -2.00. The Labute approximate surface area is 66.8 Å². The first-order valence-electron chi connectivity index (χ1n) is 3.53. The molecule has 0 amide bonds. The molecule has 0 unspecified atom stereocenters. The quantitative estimate of drug-likeness (QED) is 0.602. The zero-order valence-electron chi connectivity index (χ0n) is 6.83. The van der Waals surface area contributed by atoms with Crippen LogP contribution in [0.2, 0.25) is 0 Å². The predicted octanol–water partition coefficient (Wildman–Crippen LogP) is 2.01. The maximum Gasteiger partial charge on any atom is 0.122 e. The summed E-state index contributed by atoms with van der Waals surface area (Å²) < 4.78 is 10.1. The molecule has 0 N–H and O–H groups in total. The second kappa shape index (κ2) is 3.86. The smallest absolute Gasteiger partial charge is 0.122 e. The van der Waals surface area contributed by atoms with Gasteiger partial charge in [0.05, 0.1) is 14.2 Å². The minimum absolute atomic E-state index is 0.829. The average Bonchev–Trinajstić information content (AvgIpc) is 2.28. The minimum Gasteiger partial charge on any atom is -0.497 e. The molecule has 60 valence electrons. The fraction of sp³-hybridized carbons (Fsp3) is 0.333. The van der Waals surface area contributed by atoms with Crippen molar-refractivity contribution in [1.29, 1.82) is 0 Å². The molecule has 0 heterocycles. The highest BCUT2D eigenvalue weighted by molar-refractivity contribution is 5.26. The van der Waals surface area contributed by atoms with Crippen LogP contribution in [0, 0.1) is 0 Å². The fourth-order valence-corrected chi connectivity index (χ4v) is 0.885. The van der Waals surface area contributed by atoms with Crippen LogP contribution in [0.3, 0.4) is 0 Å². The molecule has 11 heavy (non-hydrogen) atoms. The van der Waals surface area contributed by atoms with E-state index in [0.717, 1.165) is 17.9 Å². The Morgan fingerprint density at radius 1 is 1.18 bits per heavy atom. The van der Waals surface area contributed by atoms with E-state index in [9.17, 15) is 0 Å². The summed E-state index contributed by atoms with van der Waals surface area (Å²) in [6.07, 6.45) is 8.72. The molecule has 0 radical (unpaired) electrons. The van der Waals surface area contributed by atoms with Gasteiger partial charge in [0, 0.05) is 6.08 Å². The van der Waals surface area contributed by atoms with Gasteiger partial charge in [-0.2, -0.15) is 0 Å². The molecule has 0 fully saturated rings. The largest absolute Gasteiger partial charge is 0.497 e. The highest BCUT2D eigenvalue weighted by atomic mass is 16.5. The maximum absolute atomic E-state index is 5.07. The van der Waals surface area contributed by atoms with Gasteiger partial charge < -0.3 is 9.47 Å². The van der Waals surface area contributed by atoms with E-state index >= 15 is 0 Å². The van der Waals surface area contributed by atoms with Gasteiger partial charge in [-0.15, -0.1) is 0 Å². The summed E-state index contributed by atoms with van der Waals surface area (Å²) in [5.74, 6) is 1.68. The fourth-order valence-electron chi connectivity index (χ4n) is 0.885. The lowest BCUT2D eigenvalue weighted by Crippen LogP contribution is -1.85. The summed E-state index contributed by atoms with van der Waals surface area (Å²) in [7, 11) is 3.30. The van der Waals surface area contributed by atoms with E-state index in [0.29, 0.717) is 0 Å². The summed E-state index contributed by atoms with van der Waals surface area (Å²) in [6.45, 7) is 0. The molecule has 0 atom stereocenters. The van der Waals surface area contributed by atoms with Gasteiger partial charge in [0.15, 0.2) is 0 Å². The van der Waals surface area contributed by atoms with Crippen molar-refractivity contribution in [3.63, 3.8) is 0 Å². The Bertz CT molecular complexity index is 212. The molecule has 2 nitrogen and oxygen atoms in total. The van der Waals surface area contributed by atoms with E-state index in [1.54, 1.807) is 14.2 Å². The van der Waals surface area contributed by atoms with E-state index in [2.05, 4.69) is 0 Å². The Morgan fingerprint density at radius 2 is 1.91 bits per heavy atom. The van der Waals surface area contributed by atoms with Crippen LogP contribution in [0.5, 0.6) is 0 Å². The van der Waals surface area contributed by atoms with Crippen LogP contribution in [0.4, 0.5) is 0 Å². The zero-order valence-corrected chi connectivity index (χ0v) is 6.83. The second-order valence-electron chi connectivity index (χ2n) is 2.20. The van der Waals surface area contributed by atoms with Gasteiger partial charge in [0.1, 0.15) is 11.5 Å². The van der Waals surface area contributed by atoms with Gasteiger partial charge >= 0.3 is 0 Å². The van der Waals surface area contributed by atoms with Gasteiger partial charge in [0.2, 0.25) is 0 Å². The van der Waals surface area contributed by atoms with Gasteiger partial charge in [-0.3, -0.25) is 0 Å². The van der Waals surface area contributed by atoms with Gasteiger partial charge in [-0.25, -0.2) is 0 Å². The van der Waals surface area contributed by atoms with Crippen molar-refractivity contribution in [2.45, 2.75) is 6.42 Å². The van der Waals surface area contributed by atoms with Crippen LogP contribution in [0.1, 0.15) is 6.42 Å². The van der Waals surface area contributed by atoms with Crippen molar-refractivity contribution in [1.82, 2.24) is 0 Å². The van der Waals surface area contributed by atoms with Crippen molar-refractivity contribution < 1.29 is 9.47 Å². The molecule has 0 saturated carbocycles. The van der Waals surface area contributed by atoms with E-state index in [1.807, 2.05) is 24.3 Å². The third kappa shape index (κ3) is 2.15. The number of hydrogen-bond acceptors (Lipinski definition) is 2. The summed E-state index contributed by atoms with van der Waals surface area (Å²) in [6, 6.07) is 0. The summed E-state index contributed by atoms with van der Waals surface area (Å²) in [5, 5.41) is 0. The van der Waals surface area contributed by atoms with Gasteiger partial charge in [0.25, 0.3) is 0 Å². The Hall–Kier alpha value is -1.18. The topological polar surface area (TPSA) is 18.5 Å². The van der Waals surface area contributed by atoms with Crippen LogP contribution < -0.4 is 0 Å². The zero-order chi connectivity index (χ0) is 8.10. The molecule has 0 aromatic heterocycles. The molecule has 0 spiro atoms. The summed E-state index contributed by atoms with van der Waals surface area (Å²) in [5.41, 5.74) is 0. The predicted molar refractivity (Wildman–Crippen MR) is 43.9 cm³/mol. The standard InChI is InChI=1S/C9H12O2/c1-10-8-5-3-4-6-9(7-8)11-2/h3,5-7H,4H2,1-2H3.